The standard InChI is InChI=1S/C23H28F3N5O3/c1-22(34)9-8-17-18(29-31(15-4-5-15)19(17)12-22)13-28-21(33)30(11-10-23(24,25)26)20(27)14-2-6-16(32)7-3-14/h2-3,6-7,15,27,32,34H,4-5,8-13H2,1H3,(H,28,33). The fourth-order valence-corrected chi connectivity index (χ4v) is 4.22. The highest BCUT2D eigenvalue weighted by molar-refractivity contribution is 6.05. The van der Waals surface area contributed by atoms with Crippen molar-refractivity contribution in [2.45, 2.75) is 69.8 Å². The molecule has 0 bridgehead atoms. The van der Waals surface area contributed by atoms with Crippen molar-refractivity contribution < 1.29 is 28.2 Å². The largest absolute Gasteiger partial charge is 0.508 e. The van der Waals surface area contributed by atoms with Gasteiger partial charge in [-0.2, -0.15) is 18.3 Å². The summed E-state index contributed by atoms with van der Waals surface area (Å²) in [5, 5.41) is 35.6. The lowest BCUT2D eigenvalue weighted by atomic mass is 9.84. The zero-order valence-corrected chi connectivity index (χ0v) is 18.8. The van der Waals surface area contributed by atoms with Crippen LogP contribution in [0.1, 0.15) is 61.2 Å². The van der Waals surface area contributed by atoms with Crippen LogP contribution in [0.3, 0.4) is 0 Å². The van der Waals surface area contributed by atoms with Gasteiger partial charge in [-0.25, -0.2) is 4.79 Å². The van der Waals surface area contributed by atoms with Crippen molar-refractivity contribution in [3.05, 3.63) is 46.8 Å². The number of nitrogens with one attached hydrogen (secondary N) is 2. The minimum absolute atomic E-state index is 0.00834. The van der Waals surface area contributed by atoms with Crippen molar-refractivity contribution in [1.82, 2.24) is 20.0 Å². The van der Waals surface area contributed by atoms with Crippen LogP contribution < -0.4 is 5.32 Å². The fraction of sp³-hybridized carbons (Fsp3) is 0.522. The molecule has 1 atom stereocenters. The molecule has 0 aliphatic heterocycles. The molecule has 34 heavy (non-hydrogen) atoms. The highest BCUT2D eigenvalue weighted by atomic mass is 19.4. The number of aromatic hydroxyl groups is 1. The number of aromatic nitrogens is 2. The number of urea groups is 1. The summed E-state index contributed by atoms with van der Waals surface area (Å²) >= 11 is 0. The number of nitrogens with zero attached hydrogens (tertiary/aromatic N) is 3. The van der Waals surface area contributed by atoms with E-state index in [1.54, 1.807) is 6.92 Å². The average molecular weight is 480 g/mol. The van der Waals surface area contributed by atoms with E-state index >= 15 is 0 Å². The van der Waals surface area contributed by atoms with Gasteiger partial charge in [0.15, 0.2) is 0 Å². The van der Waals surface area contributed by atoms with Gasteiger partial charge in [0.05, 0.1) is 30.3 Å². The van der Waals surface area contributed by atoms with Crippen LogP contribution in [-0.4, -0.2) is 55.1 Å². The summed E-state index contributed by atoms with van der Waals surface area (Å²) < 4.78 is 40.6. The number of fused-ring (bicyclic) bond motifs is 1. The fourth-order valence-electron chi connectivity index (χ4n) is 4.22. The molecule has 0 radical (unpaired) electrons. The third kappa shape index (κ3) is 5.52. The Balaban J connectivity index is 1.51. The molecule has 0 spiro atoms. The van der Waals surface area contributed by atoms with Crippen molar-refractivity contribution in [3.8, 4) is 5.75 Å². The van der Waals surface area contributed by atoms with E-state index < -0.39 is 36.6 Å². The number of hydrogen-bond acceptors (Lipinski definition) is 5. The molecule has 1 aromatic heterocycles. The number of carbonyl (C=O) groups is 1. The van der Waals surface area contributed by atoms with Crippen LogP contribution in [0.25, 0.3) is 0 Å². The first-order valence-electron chi connectivity index (χ1n) is 11.2. The van der Waals surface area contributed by atoms with Crippen LogP contribution in [0.15, 0.2) is 24.3 Å². The molecule has 1 saturated carbocycles. The molecular formula is C23H28F3N5O3. The molecule has 4 N–H and O–H groups in total. The SMILES string of the molecule is CC1(O)CCc2c(CNC(=O)N(CCC(F)(F)F)C(=N)c3ccc(O)cc3)nn(C3CC3)c2C1. The molecule has 1 fully saturated rings. The summed E-state index contributed by atoms with van der Waals surface area (Å²) in [6, 6.07) is 4.78. The van der Waals surface area contributed by atoms with Crippen LogP contribution in [0.2, 0.25) is 0 Å². The van der Waals surface area contributed by atoms with E-state index in [2.05, 4.69) is 10.4 Å². The molecule has 1 unspecified atom stereocenters. The summed E-state index contributed by atoms with van der Waals surface area (Å²) in [6.45, 7) is 1.08. The summed E-state index contributed by atoms with van der Waals surface area (Å²) in [7, 11) is 0. The van der Waals surface area contributed by atoms with Crippen molar-refractivity contribution in [2.75, 3.05) is 6.54 Å². The number of halogens is 3. The van der Waals surface area contributed by atoms with E-state index in [-0.39, 0.29) is 23.9 Å². The highest BCUT2D eigenvalue weighted by Gasteiger charge is 2.37. The minimum Gasteiger partial charge on any atom is -0.508 e. The zero-order chi connectivity index (χ0) is 24.7. The number of amidine groups is 1. The van der Waals surface area contributed by atoms with E-state index in [4.69, 9.17) is 5.41 Å². The quantitative estimate of drug-likeness (QED) is 0.374. The first-order chi connectivity index (χ1) is 15.9. The second-order valence-corrected chi connectivity index (χ2v) is 9.29. The predicted molar refractivity (Wildman–Crippen MR) is 118 cm³/mol. The molecule has 0 saturated heterocycles. The maximum Gasteiger partial charge on any atom is 0.390 e. The zero-order valence-electron chi connectivity index (χ0n) is 18.8. The number of phenols is 1. The molecule has 2 aliphatic carbocycles. The summed E-state index contributed by atoms with van der Waals surface area (Å²) in [4.78, 5) is 13.7. The number of phenolic OH excluding ortho intramolecular Hbond substituents is 1. The maximum atomic E-state index is 12.9. The van der Waals surface area contributed by atoms with Gasteiger partial charge < -0.3 is 15.5 Å². The first kappa shape index (κ1) is 24.1. The Hall–Kier alpha value is -3.08. The number of carbonyl (C=O) groups excluding carboxylic acids is 1. The number of hydrogen-bond donors (Lipinski definition) is 4. The van der Waals surface area contributed by atoms with Crippen LogP contribution in [0, 0.1) is 5.41 Å². The highest BCUT2D eigenvalue weighted by Crippen LogP contribution is 2.40. The Bertz CT molecular complexity index is 1070. The van der Waals surface area contributed by atoms with Crippen molar-refractivity contribution >= 4 is 11.9 Å². The minimum atomic E-state index is -4.49. The van der Waals surface area contributed by atoms with Gasteiger partial charge in [0.25, 0.3) is 0 Å². The van der Waals surface area contributed by atoms with Crippen LogP contribution in [0.5, 0.6) is 5.75 Å². The Labute approximate surface area is 194 Å². The van der Waals surface area contributed by atoms with Crippen LogP contribution in [-0.2, 0) is 19.4 Å². The summed E-state index contributed by atoms with van der Waals surface area (Å²) in [5.41, 5.74) is 1.93. The number of benzene rings is 1. The topological polar surface area (TPSA) is 114 Å². The number of amides is 2. The second kappa shape index (κ2) is 8.94. The van der Waals surface area contributed by atoms with Gasteiger partial charge in [0.2, 0.25) is 0 Å². The normalized spacial score (nSPS) is 20.0. The average Bonchev–Trinajstić information content (AvgIpc) is 3.53. The number of aliphatic hydroxyl groups is 1. The van der Waals surface area contributed by atoms with Crippen LogP contribution in [0.4, 0.5) is 18.0 Å². The van der Waals surface area contributed by atoms with E-state index in [9.17, 15) is 28.2 Å². The molecule has 11 heteroatoms. The molecule has 2 aromatic rings. The van der Waals surface area contributed by atoms with Gasteiger partial charge >= 0.3 is 12.2 Å². The lowest BCUT2D eigenvalue weighted by molar-refractivity contribution is -0.135. The number of rotatable bonds is 6. The molecule has 1 aromatic carbocycles. The summed E-state index contributed by atoms with van der Waals surface area (Å²) in [5.74, 6) is -0.457. The third-order valence-electron chi connectivity index (χ3n) is 6.24. The molecule has 184 valence electrons. The van der Waals surface area contributed by atoms with Crippen molar-refractivity contribution in [3.63, 3.8) is 0 Å². The first-order valence-corrected chi connectivity index (χ1v) is 11.2. The van der Waals surface area contributed by atoms with E-state index in [1.165, 1.54) is 24.3 Å². The van der Waals surface area contributed by atoms with Crippen molar-refractivity contribution in [1.29, 1.82) is 5.41 Å². The Morgan fingerprint density at radius 3 is 2.62 bits per heavy atom. The maximum absolute atomic E-state index is 12.9. The van der Waals surface area contributed by atoms with E-state index in [1.807, 2.05) is 4.68 Å². The molecule has 1 heterocycles. The smallest absolute Gasteiger partial charge is 0.390 e. The summed E-state index contributed by atoms with van der Waals surface area (Å²) in [6.07, 6.45) is -2.15. The van der Waals surface area contributed by atoms with E-state index in [0.717, 1.165) is 29.0 Å². The molecule has 4 rings (SSSR count). The molecule has 2 aliphatic rings. The van der Waals surface area contributed by atoms with Gasteiger partial charge in [-0.3, -0.25) is 15.0 Å². The Kier molecular flexibility index (Phi) is 6.32. The van der Waals surface area contributed by atoms with Crippen LogP contribution >= 0.6 is 0 Å². The molecular weight excluding hydrogens is 451 g/mol. The Morgan fingerprint density at radius 2 is 2.00 bits per heavy atom. The van der Waals surface area contributed by atoms with Crippen molar-refractivity contribution in [2.24, 2.45) is 0 Å². The predicted octanol–water partition coefficient (Wildman–Crippen LogP) is 3.65. The lowest BCUT2D eigenvalue weighted by Gasteiger charge is -2.29. The number of alkyl halides is 3. The monoisotopic (exact) mass is 479 g/mol. The second-order valence-electron chi connectivity index (χ2n) is 9.29. The van der Waals surface area contributed by atoms with E-state index in [0.29, 0.717) is 25.0 Å². The van der Waals surface area contributed by atoms with Gasteiger partial charge in [0.1, 0.15) is 11.6 Å². The van der Waals surface area contributed by atoms with Gasteiger partial charge in [-0.1, -0.05) is 0 Å². The molecule has 8 nitrogen and oxygen atoms in total. The van der Waals surface area contributed by atoms with Gasteiger partial charge in [0, 0.05) is 24.2 Å². The lowest BCUT2D eigenvalue weighted by Crippen LogP contribution is -2.45. The van der Waals surface area contributed by atoms with Gasteiger partial charge in [-0.05, 0) is 62.4 Å². The molecule has 2 amide bonds. The third-order valence-corrected chi connectivity index (χ3v) is 6.24. The Morgan fingerprint density at radius 1 is 1.32 bits per heavy atom. The van der Waals surface area contributed by atoms with Gasteiger partial charge in [-0.15, -0.1) is 0 Å².